The Morgan fingerprint density at radius 3 is 2.42 bits per heavy atom. The van der Waals surface area contributed by atoms with Crippen LogP contribution in [0.3, 0.4) is 0 Å². The Morgan fingerprint density at radius 2 is 1.69 bits per heavy atom. The summed E-state index contributed by atoms with van der Waals surface area (Å²) in [5, 5.41) is 10.4. The number of amides is 1. The van der Waals surface area contributed by atoms with E-state index < -0.39 is 0 Å². The molecule has 1 unspecified atom stereocenters. The number of rotatable bonds is 4. The van der Waals surface area contributed by atoms with Crippen LogP contribution in [0.2, 0.25) is 0 Å². The highest BCUT2D eigenvalue weighted by Crippen LogP contribution is 2.51. The number of piperidine rings is 1. The van der Waals surface area contributed by atoms with E-state index in [0.29, 0.717) is 17.8 Å². The van der Waals surface area contributed by atoms with Gasteiger partial charge in [0.15, 0.2) is 0 Å². The Kier molecular flexibility index (Phi) is 3.61. The Hall–Kier alpha value is -2.59. The van der Waals surface area contributed by atoms with Crippen LogP contribution < -0.4 is 0 Å². The highest BCUT2D eigenvalue weighted by Gasteiger charge is 2.56. The van der Waals surface area contributed by atoms with Crippen molar-refractivity contribution >= 4 is 16.8 Å². The van der Waals surface area contributed by atoms with Crippen molar-refractivity contribution in [3.05, 3.63) is 71.9 Å². The number of aromatic nitrogens is 1. The first kappa shape index (κ1) is 15.6. The van der Waals surface area contributed by atoms with Crippen molar-refractivity contribution in [3.8, 4) is 0 Å². The molecule has 3 atom stereocenters. The Balaban J connectivity index is 1.46. The van der Waals surface area contributed by atoms with Gasteiger partial charge in [0.2, 0.25) is 0 Å². The minimum Gasteiger partial charge on any atom is -0.396 e. The highest BCUT2D eigenvalue weighted by molar-refractivity contribution is 6.07. The molecule has 3 aromatic rings. The summed E-state index contributed by atoms with van der Waals surface area (Å²) in [6.07, 6.45) is 2.01. The molecular formula is C22H22N2O2. The zero-order chi connectivity index (χ0) is 17.7. The molecule has 2 aliphatic rings. The van der Waals surface area contributed by atoms with E-state index in [2.05, 4.69) is 22.8 Å². The third kappa shape index (κ3) is 2.44. The molecule has 2 heterocycles. The largest absolute Gasteiger partial charge is 0.396 e. The first-order valence-corrected chi connectivity index (χ1v) is 9.28. The zero-order valence-corrected chi connectivity index (χ0v) is 14.6. The van der Waals surface area contributed by atoms with Crippen LogP contribution in [-0.4, -0.2) is 40.2 Å². The fourth-order valence-corrected chi connectivity index (χ4v) is 4.58. The number of para-hydroxylation sites is 1. The van der Waals surface area contributed by atoms with E-state index in [1.807, 2.05) is 47.5 Å². The number of nitrogens with zero attached hydrogens (tertiary/aromatic N) is 2. The van der Waals surface area contributed by atoms with Gasteiger partial charge in [-0.25, -0.2) is 0 Å². The molecule has 1 N–H and O–H groups in total. The van der Waals surface area contributed by atoms with E-state index in [9.17, 15) is 9.90 Å². The van der Waals surface area contributed by atoms with Crippen LogP contribution in [0.25, 0.3) is 10.9 Å². The van der Waals surface area contributed by atoms with Gasteiger partial charge in [-0.05, 0) is 29.4 Å². The maximum absolute atomic E-state index is 13.1. The monoisotopic (exact) mass is 346 g/mol. The normalized spacial score (nSPS) is 24.0. The van der Waals surface area contributed by atoms with Crippen LogP contribution in [0.4, 0.5) is 0 Å². The van der Waals surface area contributed by atoms with Crippen molar-refractivity contribution in [3.63, 3.8) is 0 Å². The highest BCUT2D eigenvalue weighted by atomic mass is 16.3. The molecule has 1 aromatic heterocycles. The number of benzene rings is 2. The molecule has 26 heavy (non-hydrogen) atoms. The lowest BCUT2D eigenvalue weighted by Gasteiger charge is -2.19. The number of aliphatic hydroxyl groups is 1. The zero-order valence-electron chi connectivity index (χ0n) is 14.6. The van der Waals surface area contributed by atoms with Crippen molar-refractivity contribution in [2.75, 3.05) is 19.7 Å². The van der Waals surface area contributed by atoms with Gasteiger partial charge >= 0.3 is 0 Å². The number of hydrogen-bond donors (Lipinski definition) is 1. The molecule has 1 aliphatic heterocycles. The van der Waals surface area contributed by atoms with E-state index in [1.165, 1.54) is 5.56 Å². The van der Waals surface area contributed by atoms with Crippen molar-refractivity contribution in [2.45, 2.75) is 6.54 Å². The Morgan fingerprint density at radius 1 is 1.00 bits per heavy atom. The predicted octanol–water partition coefficient (Wildman–Crippen LogP) is 3.00. The van der Waals surface area contributed by atoms with Gasteiger partial charge in [-0.1, -0.05) is 48.5 Å². The molecule has 1 amide bonds. The van der Waals surface area contributed by atoms with Crippen LogP contribution in [-0.2, 0) is 6.54 Å². The standard InChI is InChI=1S/C22H22N2O2/c25-14-20-17-11-24(12-18(17)20)22(26)19-13-23(10-15-6-2-1-3-7-15)21-9-5-4-8-16(19)21/h1-9,13,17-18,20,25H,10-12,14H2/t17-,18+,20?. The van der Waals surface area contributed by atoms with Crippen molar-refractivity contribution in [1.29, 1.82) is 0 Å². The van der Waals surface area contributed by atoms with Gasteiger partial charge < -0.3 is 14.6 Å². The lowest BCUT2D eigenvalue weighted by molar-refractivity contribution is 0.0761. The van der Waals surface area contributed by atoms with Crippen LogP contribution in [0.1, 0.15) is 15.9 Å². The third-order valence-corrected chi connectivity index (χ3v) is 6.08. The van der Waals surface area contributed by atoms with Gasteiger partial charge in [0.05, 0.1) is 5.56 Å². The minimum atomic E-state index is 0.122. The molecule has 5 rings (SSSR count). The average Bonchev–Trinajstić information content (AvgIpc) is 3.01. The average molecular weight is 346 g/mol. The molecular weight excluding hydrogens is 324 g/mol. The van der Waals surface area contributed by atoms with Crippen LogP contribution in [0.15, 0.2) is 60.8 Å². The number of carbonyl (C=O) groups is 1. The van der Waals surface area contributed by atoms with Crippen LogP contribution in [0, 0.1) is 17.8 Å². The van der Waals surface area contributed by atoms with E-state index in [1.54, 1.807) is 0 Å². The van der Waals surface area contributed by atoms with Gasteiger partial charge in [0, 0.05) is 43.3 Å². The van der Waals surface area contributed by atoms with Gasteiger partial charge in [0.25, 0.3) is 5.91 Å². The molecule has 1 saturated heterocycles. The molecule has 2 fully saturated rings. The summed E-state index contributed by atoms with van der Waals surface area (Å²) in [6.45, 7) is 2.58. The second kappa shape index (κ2) is 5.99. The van der Waals surface area contributed by atoms with Crippen molar-refractivity contribution in [2.24, 2.45) is 17.8 Å². The second-order valence-corrected chi connectivity index (χ2v) is 7.56. The van der Waals surface area contributed by atoms with E-state index in [-0.39, 0.29) is 12.5 Å². The topological polar surface area (TPSA) is 45.5 Å². The second-order valence-electron chi connectivity index (χ2n) is 7.56. The lowest BCUT2D eigenvalue weighted by atomic mass is 10.1. The van der Waals surface area contributed by atoms with Gasteiger partial charge in [-0.3, -0.25) is 4.79 Å². The number of fused-ring (bicyclic) bond motifs is 2. The van der Waals surface area contributed by atoms with Gasteiger partial charge in [-0.2, -0.15) is 0 Å². The SMILES string of the molecule is O=C(c1cn(Cc2ccccc2)c2ccccc12)N1C[C@@H]2C(CO)[C@@H]2C1. The summed E-state index contributed by atoms with van der Waals surface area (Å²) >= 11 is 0. The summed E-state index contributed by atoms with van der Waals surface area (Å²) in [5.41, 5.74) is 3.11. The molecule has 2 aromatic carbocycles. The maximum atomic E-state index is 13.1. The van der Waals surface area contributed by atoms with Crippen molar-refractivity contribution < 1.29 is 9.90 Å². The first-order chi connectivity index (χ1) is 12.8. The molecule has 0 bridgehead atoms. The molecule has 0 radical (unpaired) electrons. The predicted molar refractivity (Wildman–Crippen MR) is 101 cm³/mol. The number of hydrogen-bond acceptors (Lipinski definition) is 2. The fraction of sp³-hybridized carbons (Fsp3) is 0.318. The van der Waals surface area contributed by atoms with Gasteiger partial charge in [-0.15, -0.1) is 0 Å². The summed E-state index contributed by atoms with van der Waals surface area (Å²) in [7, 11) is 0. The van der Waals surface area contributed by atoms with Crippen LogP contribution in [0.5, 0.6) is 0 Å². The molecule has 4 heteroatoms. The third-order valence-electron chi connectivity index (χ3n) is 6.08. The summed E-state index contributed by atoms with van der Waals surface area (Å²) in [5.74, 6) is 1.54. The van der Waals surface area contributed by atoms with E-state index >= 15 is 0 Å². The molecule has 1 aliphatic carbocycles. The fourth-order valence-electron chi connectivity index (χ4n) is 4.58. The summed E-state index contributed by atoms with van der Waals surface area (Å²) in [4.78, 5) is 15.1. The number of aliphatic hydroxyl groups excluding tert-OH is 1. The minimum absolute atomic E-state index is 0.122. The van der Waals surface area contributed by atoms with Crippen molar-refractivity contribution in [1.82, 2.24) is 9.47 Å². The van der Waals surface area contributed by atoms with Gasteiger partial charge in [0.1, 0.15) is 0 Å². The Labute approximate surface area is 152 Å². The maximum Gasteiger partial charge on any atom is 0.256 e. The number of carbonyl (C=O) groups excluding carboxylic acids is 1. The number of likely N-dealkylation sites (tertiary alicyclic amines) is 1. The molecule has 132 valence electrons. The van der Waals surface area contributed by atoms with E-state index in [4.69, 9.17) is 0 Å². The summed E-state index contributed by atoms with van der Waals surface area (Å²) in [6, 6.07) is 18.5. The smallest absolute Gasteiger partial charge is 0.256 e. The van der Waals surface area contributed by atoms with Crippen LogP contribution >= 0.6 is 0 Å². The Bertz CT molecular complexity index is 951. The quantitative estimate of drug-likeness (QED) is 0.789. The lowest BCUT2D eigenvalue weighted by Crippen LogP contribution is -2.31. The first-order valence-electron chi connectivity index (χ1n) is 9.28. The molecule has 4 nitrogen and oxygen atoms in total. The summed E-state index contributed by atoms with van der Waals surface area (Å²) < 4.78 is 2.17. The molecule has 0 spiro atoms. The van der Waals surface area contributed by atoms with E-state index in [0.717, 1.165) is 36.1 Å². The molecule has 1 saturated carbocycles.